The SMILES string of the molecule is COc1ccc(C)cc1CNCCc1ncc[nH]1. The average molecular weight is 245 g/mol. The standard InChI is InChI=1S/C14H19N3O/c1-11-3-4-13(18-2)12(9-11)10-15-6-5-14-16-7-8-17-14/h3-4,7-9,15H,5-6,10H2,1-2H3,(H,16,17). The number of imidazole rings is 1. The maximum Gasteiger partial charge on any atom is 0.123 e. The van der Waals surface area contributed by atoms with Crippen LogP contribution in [0.5, 0.6) is 5.75 Å². The van der Waals surface area contributed by atoms with E-state index in [9.17, 15) is 0 Å². The molecule has 0 unspecified atom stereocenters. The first-order chi connectivity index (χ1) is 8.79. The van der Waals surface area contributed by atoms with Crippen molar-refractivity contribution in [1.82, 2.24) is 15.3 Å². The molecule has 2 aromatic rings. The van der Waals surface area contributed by atoms with Gasteiger partial charge in [0.2, 0.25) is 0 Å². The van der Waals surface area contributed by atoms with Crippen LogP contribution in [0.4, 0.5) is 0 Å². The normalized spacial score (nSPS) is 10.6. The number of aromatic amines is 1. The van der Waals surface area contributed by atoms with Crippen LogP contribution in [-0.4, -0.2) is 23.6 Å². The summed E-state index contributed by atoms with van der Waals surface area (Å²) in [5, 5.41) is 3.40. The first-order valence-electron chi connectivity index (χ1n) is 6.12. The Morgan fingerprint density at radius 2 is 2.28 bits per heavy atom. The minimum atomic E-state index is 0.811. The fourth-order valence-electron chi connectivity index (χ4n) is 1.91. The molecule has 1 aromatic carbocycles. The second-order valence-corrected chi connectivity index (χ2v) is 4.28. The molecule has 4 heteroatoms. The molecule has 0 atom stereocenters. The number of rotatable bonds is 6. The van der Waals surface area contributed by atoms with Crippen LogP contribution in [-0.2, 0) is 13.0 Å². The summed E-state index contributed by atoms with van der Waals surface area (Å²) in [7, 11) is 1.71. The van der Waals surface area contributed by atoms with Crippen molar-refractivity contribution in [2.24, 2.45) is 0 Å². The molecule has 0 fully saturated rings. The van der Waals surface area contributed by atoms with E-state index in [2.05, 4.69) is 34.3 Å². The number of ether oxygens (including phenoxy) is 1. The summed E-state index contributed by atoms with van der Waals surface area (Å²) in [4.78, 5) is 7.28. The number of aryl methyl sites for hydroxylation is 1. The summed E-state index contributed by atoms with van der Waals surface area (Å²) >= 11 is 0. The molecule has 2 N–H and O–H groups in total. The maximum absolute atomic E-state index is 5.34. The van der Waals surface area contributed by atoms with Crippen molar-refractivity contribution in [3.63, 3.8) is 0 Å². The highest BCUT2D eigenvalue weighted by Gasteiger charge is 2.02. The number of hydrogen-bond donors (Lipinski definition) is 2. The molecule has 0 radical (unpaired) electrons. The van der Waals surface area contributed by atoms with Gasteiger partial charge in [-0.25, -0.2) is 4.98 Å². The summed E-state index contributed by atoms with van der Waals surface area (Å²) in [5.74, 6) is 1.95. The van der Waals surface area contributed by atoms with Gasteiger partial charge in [-0.2, -0.15) is 0 Å². The number of H-pyrrole nitrogens is 1. The molecule has 96 valence electrons. The first kappa shape index (κ1) is 12.6. The van der Waals surface area contributed by atoms with Crippen molar-refractivity contribution in [2.45, 2.75) is 19.9 Å². The quantitative estimate of drug-likeness (QED) is 0.766. The maximum atomic E-state index is 5.34. The van der Waals surface area contributed by atoms with Crippen LogP contribution in [0.2, 0.25) is 0 Å². The molecule has 18 heavy (non-hydrogen) atoms. The molecule has 0 amide bonds. The lowest BCUT2D eigenvalue weighted by atomic mass is 10.1. The number of methoxy groups -OCH3 is 1. The summed E-state index contributed by atoms with van der Waals surface area (Å²) in [6, 6.07) is 6.22. The third-order valence-electron chi connectivity index (χ3n) is 2.84. The van der Waals surface area contributed by atoms with Gasteiger partial charge in [-0.05, 0) is 13.0 Å². The van der Waals surface area contributed by atoms with Crippen LogP contribution in [0, 0.1) is 6.92 Å². The second kappa shape index (κ2) is 6.21. The zero-order chi connectivity index (χ0) is 12.8. The first-order valence-corrected chi connectivity index (χ1v) is 6.12. The van der Waals surface area contributed by atoms with Gasteiger partial charge in [-0.1, -0.05) is 17.7 Å². The number of aromatic nitrogens is 2. The van der Waals surface area contributed by atoms with Gasteiger partial charge in [-0.15, -0.1) is 0 Å². The minimum Gasteiger partial charge on any atom is -0.496 e. The number of hydrogen-bond acceptors (Lipinski definition) is 3. The van der Waals surface area contributed by atoms with Gasteiger partial charge in [0, 0.05) is 37.5 Å². The van der Waals surface area contributed by atoms with Gasteiger partial charge in [0.1, 0.15) is 11.6 Å². The molecule has 0 saturated heterocycles. The van der Waals surface area contributed by atoms with E-state index in [4.69, 9.17) is 4.74 Å². The summed E-state index contributed by atoms with van der Waals surface area (Å²) < 4.78 is 5.34. The highest BCUT2D eigenvalue weighted by atomic mass is 16.5. The van der Waals surface area contributed by atoms with Crippen molar-refractivity contribution >= 4 is 0 Å². The molecule has 2 rings (SSSR count). The lowest BCUT2D eigenvalue weighted by Crippen LogP contribution is -2.17. The van der Waals surface area contributed by atoms with Gasteiger partial charge in [0.15, 0.2) is 0 Å². The van der Waals surface area contributed by atoms with E-state index in [1.165, 1.54) is 11.1 Å². The van der Waals surface area contributed by atoms with E-state index in [-0.39, 0.29) is 0 Å². The number of benzene rings is 1. The molecule has 1 heterocycles. The number of nitrogens with one attached hydrogen (secondary N) is 2. The van der Waals surface area contributed by atoms with Crippen LogP contribution < -0.4 is 10.1 Å². The number of nitrogens with zero attached hydrogens (tertiary/aromatic N) is 1. The fraction of sp³-hybridized carbons (Fsp3) is 0.357. The van der Waals surface area contributed by atoms with Crippen molar-refractivity contribution in [1.29, 1.82) is 0 Å². The van der Waals surface area contributed by atoms with Gasteiger partial charge < -0.3 is 15.0 Å². The van der Waals surface area contributed by atoms with Gasteiger partial charge in [-0.3, -0.25) is 0 Å². The molecule has 1 aromatic heterocycles. The van der Waals surface area contributed by atoms with Gasteiger partial charge >= 0.3 is 0 Å². The largest absolute Gasteiger partial charge is 0.496 e. The Kier molecular flexibility index (Phi) is 4.36. The van der Waals surface area contributed by atoms with E-state index >= 15 is 0 Å². The van der Waals surface area contributed by atoms with E-state index < -0.39 is 0 Å². The minimum absolute atomic E-state index is 0.811. The smallest absolute Gasteiger partial charge is 0.123 e. The molecule has 0 aliphatic carbocycles. The molecule has 0 aliphatic heterocycles. The summed E-state index contributed by atoms with van der Waals surface area (Å²) in [6.45, 7) is 3.79. The van der Waals surface area contributed by atoms with Gasteiger partial charge in [0.05, 0.1) is 7.11 Å². The van der Waals surface area contributed by atoms with Crippen molar-refractivity contribution in [3.8, 4) is 5.75 Å². The lowest BCUT2D eigenvalue weighted by molar-refractivity contribution is 0.407. The third-order valence-corrected chi connectivity index (χ3v) is 2.84. The van der Waals surface area contributed by atoms with Crippen molar-refractivity contribution in [3.05, 3.63) is 47.5 Å². The van der Waals surface area contributed by atoms with Crippen LogP contribution in [0.25, 0.3) is 0 Å². The monoisotopic (exact) mass is 245 g/mol. The second-order valence-electron chi connectivity index (χ2n) is 4.28. The Morgan fingerprint density at radius 1 is 1.39 bits per heavy atom. The zero-order valence-electron chi connectivity index (χ0n) is 10.9. The molecule has 4 nitrogen and oxygen atoms in total. The fourth-order valence-corrected chi connectivity index (χ4v) is 1.91. The predicted octanol–water partition coefficient (Wildman–Crippen LogP) is 2.06. The topological polar surface area (TPSA) is 49.9 Å². The molecular weight excluding hydrogens is 226 g/mol. The van der Waals surface area contributed by atoms with E-state index in [0.29, 0.717) is 0 Å². The molecular formula is C14H19N3O. The molecule has 0 spiro atoms. The predicted molar refractivity (Wildman–Crippen MR) is 71.7 cm³/mol. The molecule has 0 bridgehead atoms. The van der Waals surface area contributed by atoms with Crippen LogP contribution >= 0.6 is 0 Å². The van der Waals surface area contributed by atoms with E-state index in [1.807, 2.05) is 12.3 Å². The molecule has 0 aliphatic rings. The van der Waals surface area contributed by atoms with Crippen molar-refractivity contribution in [2.75, 3.05) is 13.7 Å². The zero-order valence-corrected chi connectivity index (χ0v) is 10.9. The Labute approximate surface area is 107 Å². The summed E-state index contributed by atoms with van der Waals surface area (Å²) in [5.41, 5.74) is 2.44. The Hall–Kier alpha value is -1.81. The van der Waals surface area contributed by atoms with E-state index in [1.54, 1.807) is 13.3 Å². The van der Waals surface area contributed by atoms with Crippen LogP contribution in [0.3, 0.4) is 0 Å². The Morgan fingerprint density at radius 3 is 3.00 bits per heavy atom. The highest BCUT2D eigenvalue weighted by Crippen LogP contribution is 2.19. The van der Waals surface area contributed by atoms with Gasteiger partial charge in [0.25, 0.3) is 0 Å². The van der Waals surface area contributed by atoms with Crippen LogP contribution in [0.1, 0.15) is 17.0 Å². The van der Waals surface area contributed by atoms with Crippen LogP contribution in [0.15, 0.2) is 30.6 Å². The average Bonchev–Trinajstić information content (AvgIpc) is 2.88. The Bertz CT molecular complexity index is 480. The molecule has 0 saturated carbocycles. The van der Waals surface area contributed by atoms with Crippen molar-refractivity contribution < 1.29 is 4.74 Å². The third kappa shape index (κ3) is 3.34. The summed E-state index contributed by atoms with van der Waals surface area (Å²) in [6.07, 6.45) is 4.53. The van der Waals surface area contributed by atoms with E-state index in [0.717, 1.165) is 31.1 Å². The Balaban J connectivity index is 1.84. The lowest BCUT2D eigenvalue weighted by Gasteiger charge is -2.10. The highest BCUT2D eigenvalue weighted by molar-refractivity contribution is 5.36.